The van der Waals surface area contributed by atoms with Crippen LogP contribution >= 0.6 is 22.6 Å². The van der Waals surface area contributed by atoms with Gasteiger partial charge in [-0.25, -0.2) is 8.42 Å². The molecule has 6 nitrogen and oxygen atoms in total. The van der Waals surface area contributed by atoms with Gasteiger partial charge in [0.1, 0.15) is 4.90 Å². The van der Waals surface area contributed by atoms with E-state index in [0.717, 1.165) is 3.57 Å². The van der Waals surface area contributed by atoms with Gasteiger partial charge in [-0.3, -0.25) is 9.52 Å². The van der Waals surface area contributed by atoms with Crippen LogP contribution in [0.2, 0.25) is 0 Å². The van der Waals surface area contributed by atoms with E-state index in [0.29, 0.717) is 5.69 Å². The van der Waals surface area contributed by atoms with E-state index in [2.05, 4.69) is 4.72 Å². The summed E-state index contributed by atoms with van der Waals surface area (Å²) in [4.78, 5) is 10.9. The highest BCUT2D eigenvalue weighted by Crippen LogP contribution is 2.25. The number of benzene rings is 2. The summed E-state index contributed by atoms with van der Waals surface area (Å²) < 4.78 is 27.9. The molecule has 0 fully saturated rings. The zero-order chi connectivity index (χ0) is 15.6. The Kier molecular flexibility index (Phi) is 4.37. The van der Waals surface area contributed by atoms with Crippen LogP contribution in [0.15, 0.2) is 47.4 Å². The van der Waals surface area contributed by atoms with Crippen molar-refractivity contribution in [1.82, 2.24) is 0 Å². The van der Waals surface area contributed by atoms with Gasteiger partial charge in [0.2, 0.25) is 5.91 Å². The maximum atomic E-state index is 12.3. The first-order valence-electron chi connectivity index (χ1n) is 5.78. The summed E-state index contributed by atoms with van der Waals surface area (Å²) in [5.41, 5.74) is 11.4. The molecule has 0 heterocycles. The molecule has 1 amide bonds. The monoisotopic (exact) mass is 417 g/mol. The van der Waals surface area contributed by atoms with Crippen LogP contribution in [0.1, 0.15) is 10.4 Å². The molecule has 0 unspecified atom stereocenters. The molecule has 8 heteroatoms. The molecule has 0 radical (unpaired) electrons. The highest BCUT2D eigenvalue weighted by molar-refractivity contribution is 14.1. The Labute approximate surface area is 135 Å². The van der Waals surface area contributed by atoms with E-state index in [4.69, 9.17) is 11.5 Å². The summed E-state index contributed by atoms with van der Waals surface area (Å²) in [6.45, 7) is 0. The maximum absolute atomic E-state index is 12.3. The molecule has 0 spiro atoms. The lowest BCUT2D eigenvalue weighted by Gasteiger charge is -2.12. The van der Waals surface area contributed by atoms with Crippen molar-refractivity contribution in [2.75, 3.05) is 10.5 Å². The molecule has 0 atom stereocenters. The van der Waals surface area contributed by atoms with Crippen LogP contribution in [0.4, 0.5) is 11.4 Å². The van der Waals surface area contributed by atoms with E-state index < -0.39 is 15.9 Å². The Morgan fingerprint density at radius 2 is 1.81 bits per heavy atom. The van der Waals surface area contributed by atoms with E-state index in [9.17, 15) is 13.2 Å². The zero-order valence-corrected chi connectivity index (χ0v) is 13.7. The maximum Gasteiger partial charge on any atom is 0.263 e. The SMILES string of the molecule is NC(=O)c1ccc(S(=O)(=O)Nc2ccccc2I)c(N)c1. The fourth-order valence-electron chi connectivity index (χ4n) is 1.69. The normalized spacial score (nSPS) is 11.1. The van der Waals surface area contributed by atoms with Gasteiger partial charge in [0.25, 0.3) is 10.0 Å². The number of anilines is 2. The average Bonchev–Trinajstić information content (AvgIpc) is 2.40. The number of halogens is 1. The Morgan fingerprint density at radius 1 is 1.14 bits per heavy atom. The third-order valence-electron chi connectivity index (χ3n) is 2.70. The summed E-state index contributed by atoms with van der Waals surface area (Å²) in [7, 11) is -3.84. The van der Waals surface area contributed by atoms with Crippen molar-refractivity contribution >= 4 is 49.9 Å². The van der Waals surface area contributed by atoms with Gasteiger partial charge in [-0.15, -0.1) is 0 Å². The number of nitrogen functional groups attached to an aromatic ring is 1. The van der Waals surface area contributed by atoms with Gasteiger partial charge >= 0.3 is 0 Å². The topological polar surface area (TPSA) is 115 Å². The van der Waals surface area contributed by atoms with Crippen LogP contribution in [0.5, 0.6) is 0 Å². The highest BCUT2D eigenvalue weighted by Gasteiger charge is 2.19. The van der Waals surface area contributed by atoms with Crippen LogP contribution in [0.3, 0.4) is 0 Å². The third kappa shape index (κ3) is 3.45. The molecule has 0 aliphatic heterocycles. The summed E-state index contributed by atoms with van der Waals surface area (Å²) in [5.74, 6) is -0.670. The molecule has 0 saturated heterocycles. The van der Waals surface area contributed by atoms with Gasteiger partial charge in [0.15, 0.2) is 0 Å². The molecule has 0 aliphatic rings. The van der Waals surface area contributed by atoms with Gasteiger partial charge < -0.3 is 11.5 Å². The highest BCUT2D eigenvalue weighted by atomic mass is 127. The molecule has 110 valence electrons. The fourth-order valence-corrected chi connectivity index (χ4v) is 3.59. The van der Waals surface area contributed by atoms with Crippen LogP contribution in [-0.2, 0) is 10.0 Å². The van der Waals surface area contributed by atoms with Gasteiger partial charge in [0.05, 0.1) is 11.4 Å². The van der Waals surface area contributed by atoms with E-state index >= 15 is 0 Å². The lowest BCUT2D eigenvalue weighted by atomic mass is 10.2. The molecule has 0 saturated carbocycles. The van der Waals surface area contributed by atoms with Crippen molar-refractivity contribution in [2.45, 2.75) is 4.90 Å². The minimum absolute atomic E-state index is 0.0373. The van der Waals surface area contributed by atoms with Gasteiger partial charge in [-0.05, 0) is 52.9 Å². The summed E-state index contributed by atoms with van der Waals surface area (Å²) >= 11 is 2.02. The molecule has 5 N–H and O–H groups in total. The predicted octanol–water partition coefficient (Wildman–Crippen LogP) is 1.77. The van der Waals surface area contributed by atoms with E-state index in [1.165, 1.54) is 18.2 Å². The van der Waals surface area contributed by atoms with Crippen molar-refractivity contribution in [3.05, 3.63) is 51.6 Å². The minimum Gasteiger partial charge on any atom is -0.398 e. The second kappa shape index (κ2) is 5.90. The van der Waals surface area contributed by atoms with Crippen molar-refractivity contribution < 1.29 is 13.2 Å². The number of hydrogen-bond donors (Lipinski definition) is 3. The smallest absolute Gasteiger partial charge is 0.263 e. The second-order valence-electron chi connectivity index (χ2n) is 4.20. The number of nitrogens with one attached hydrogen (secondary N) is 1. The number of amides is 1. The number of nitrogens with two attached hydrogens (primary N) is 2. The fraction of sp³-hybridized carbons (Fsp3) is 0. The number of sulfonamides is 1. The first kappa shape index (κ1) is 15.6. The van der Waals surface area contributed by atoms with Crippen molar-refractivity contribution in [3.8, 4) is 0 Å². The summed E-state index contributed by atoms with van der Waals surface area (Å²) in [6, 6.07) is 10.8. The summed E-state index contributed by atoms with van der Waals surface area (Å²) in [5, 5.41) is 0. The average molecular weight is 417 g/mol. The van der Waals surface area contributed by atoms with Gasteiger partial charge in [-0.2, -0.15) is 0 Å². The quantitative estimate of drug-likeness (QED) is 0.520. The molecule has 2 rings (SSSR count). The Hall–Kier alpha value is -1.81. The van der Waals surface area contributed by atoms with Gasteiger partial charge in [0, 0.05) is 9.13 Å². The lowest BCUT2D eigenvalue weighted by Crippen LogP contribution is -2.17. The Bertz CT molecular complexity index is 806. The molecule has 2 aromatic rings. The first-order chi connectivity index (χ1) is 9.81. The number of hydrogen-bond acceptors (Lipinski definition) is 4. The van der Waals surface area contributed by atoms with Crippen molar-refractivity contribution in [2.24, 2.45) is 5.73 Å². The number of carbonyl (C=O) groups excluding carboxylic acids is 1. The van der Waals surface area contributed by atoms with Crippen molar-refractivity contribution in [3.63, 3.8) is 0 Å². The van der Waals surface area contributed by atoms with Crippen LogP contribution in [-0.4, -0.2) is 14.3 Å². The largest absolute Gasteiger partial charge is 0.398 e. The summed E-state index contributed by atoms with van der Waals surface area (Å²) in [6.07, 6.45) is 0. The Morgan fingerprint density at radius 3 is 2.38 bits per heavy atom. The lowest BCUT2D eigenvalue weighted by molar-refractivity contribution is 0.1000. The van der Waals surface area contributed by atoms with E-state index in [1.54, 1.807) is 24.3 Å². The number of carbonyl (C=O) groups is 1. The molecule has 2 aromatic carbocycles. The number of rotatable bonds is 4. The molecule has 21 heavy (non-hydrogen) atoms. The zero-order valence-electron chi connectivity index (χ0n) is 10.7. The molecule has 0 bridgehead atoms. The molecule has 0 aliphatic carbocycles. The van der Waals surface area contributed by atoms with Crippen LogP contribution in [0, 0.1) is 3.57 Å². The van der Waals surface area contributed by atoms with E-state index in [-0.39, 0.29) is 16.1 Å². The molecule has 0 aromatic heterocycles. The molecular formula is C13H12IN3O3S. The third-order valence-corrected chi connectivity index (χ3v) is 5.08. The van der Waals surface area contributed by atoms with Crippen LogP contribution < -0.4 is 16.2 Å². The van der Waals surface area contributed by atoms with Crippen molar-refractivity contribution in [1.29, 1.82) is 0 Å². The van der Waals surface area contributed by atoms with Crippen LogP contribution in [0.25, 0.3) is 0 Å². The standard InChI is InChI=1S/C13H12IN3O3S/c14-9-3-1-2-4-11(9)17-21(19,20)12-6-5-8(13(16)18)7-10(12)15/h1-7,17H,15H2,(H2,16,18). The first-order valence-corrected chi connectivity index (χ1v) is 8.34. The van der Waals surface area contributed by atoms with Gasteiger partial charge in [-0.1, -0.05) is 12.1 Å². The second-order valence-corrected chi connectivity index (χ2v) is 7.02. The minimum atomic E-state index is -3.84. The number of primary amides is 1. The van der Waals surface area contributed by atoms with E-state index in [1.807, 2.05) is 22.6 Å². The molecular weight excluding hydrogens is 405 g/mol. The predicted molar refractivity (Wildman–Crippen MR) is 89.3 cm³/mol. The number of para-hydroxylation sites is 1. The Balaban J connectivity index is 2.41.